The molecule has 0 aromatic heterocycles. The Morgan fingerprint density at radius 3 is 2.38 bits per heavy atom. The Hall–Kier alpha value is -2.36. The second-order valence-corrected chi connectivity index (χ2v) is 5.29. The van der Waals surface area contributed by atoms with Crippen LogP contribution in [0.4, 0.5) is 20.6 Å². The number of nitrogens with one attached hydrogen (secondary N) is 2. The highest BCUT2D eigenvalue weighted by atomic mass is 19.1. The summed E-state index contributed by atoms with van der Waals surface area (Å²) in [7, 11) is 0. The lowest BCUT2D eigenvalue weighted by Gasteiger charge is -2.13. The average Bonchev–Trinajstić information content (AvgIpc) is 2.43. The number of para-hydroxylation sites is 1. The van der Waals surface area contributed by atoms with Gasteiger partial charge in [0.25, 0.3) is 0 Å². The van der Waals surface area contributed by atoms with Crippen molar-refractivity contribution in [2.45, 2.75) is 26.7 Å². The Bertz CT molecular complexity index is 653. The fourth-order valence-corrected chi connectivity index (χ4v) is 1.97. The molecule has 0 fully saturated rings. The highest BCUT2D eigenvalue weighted by Crippen LogP contribution is 2.22. The summed E-state index contributed by atoms with van der Waals surface area (Å²) in [5, 5.41) is 5.27. The minimum absolute atomic E-state index is 0.160. The standard InChI is InChI=1S/C17H19FN2O/c1-11(2)13-9-8-12(3)16(10-13)20-17(21)19-15-7-5-4-6-14(15)18/h4-11H,1-3H3,(H2,19,20,21). The van der Waals surface area contributed by atoms with Crippen molar-refractivity contribution in [3.05, 3.63) is 59.4 Å². The van der Waals surface area contributed by atoms with Crippen LogP contribution in [-0.4, -0.2) is 6.03 Å². The van der Waals surface area contributed by atoms with Crippen molar-refractivity contribution in [2.24, 2.45) is 0 Å². The summed E-state index contributed by atoms with van der Waals surface area (Å²) >= 11 is 0. The van der Waals surface area contributed by atoms with Gasteiger partial charge in [0.05, 0.1) is 5.69 Å². The second-order valence-electron chi connectivity index (χ2n) is 5.29. The molecule has 0 aliphatic rings. The van der Waals surface area contributed by atoms with Crippen LogP contribution in [0.5, 0.6) is 0 Å². The minimum Gasteiger partial charge on any atom is -0.307 e. The molecule has 2 aromatic carbocycles. The van der Waals surface area contributed by atoms with E-state index in [0.717, 1.165) is 16.8 Å². The van der Waals surface area contributed by atoms with Crippen LogP contribution in [0.25, 0.3) is 0 Å². The first-order chi connectivity index (χ1) is 9.97. The van der Waals surface area contributed by atoms with E-state index in [2.05, 4.69) is 24.5 Å². The lowest BCUT2D eigenvalue weighted by Crippen LogP contribution is -2.20. The number of hydrogen-bond donors (Lipinski definition) is 2. The maximum Gasteiger partial charge on any atom is 0.323 e. The Balaban J connectivity index is 2.13. The molecule has 0 atom stereocenters. The lowest BCUT2D eigenvalue weighted by molar-refractivity contribution is 0.262. The molecule has 0 aliphatic heterocycles. The van der Waals surface area contributed by atoms with Crippen LogP contribution < -0.4 is 10.6 Å². The molecule has 3 nitrogen and oxygen atoms in total. The maximum absolute atomic E-state index is 13.5. The van der Waals surface area contributed by atoms with Gasteiger partial charge in [-0.15, -0.1) is 0 Å². The van der Waals surface area contributed by atoms with Gasteiger partial charge in [0, 0.05) is 5.69 Å². The molecule has 0 saturated heterocycles. The first-order valence-electron chi connectivity index (χ1n) is 6.90. The summed E-state index contributed by atoms with van der Waals surface area (Å²) in [6.45, 7) is 6.10. The van der Waals surface area contributed by atoms with E-state index in [1.165, 1.54) is 12.1 Å². The number of hydrogen-bond acceptors (Lipinski definition) is 1. The molecular weight excluding hydrogens is 267 g/mol. The van der Waals surface area contributed by atoms with Crippen LogP contribution in [0.15, 0.2) is 42.5 Å². The monoisotopic (exact) mass is 286 g/mol. The van der Waals surface area contributed by atoms with Gasteiger partial charge in [0.1, 0.15) is 5.82 Å². The molecule has 2 aromatic rings. The molecule has 0 heterocycles. The number of carbonyl (C=O) groups is 1. The Labute approximate surface area is 124 Å². The first kappa shape index (κ1) is 15.0. The van der Waals surface area contributed by atoms with Gasteiger partial charge in [-0.3, -0.25) is 0 Å². The molecular formula is C17H19FN2O. The molecule has 4 heteroatoms. The molecule has 110 valence electrons. The van der Waals surface area contributed by atoms with E-state index in [4.69, 9.17) is 0 Å². The topological polar surface area (TPSA) is 41.1 Å². The van der Waals surface area contributed by atoms with Crippen LogP contribution in [0.2, 0.25) is 0 Å². The summed E-state index contributed by atoms with van der Waals surface area (Å²) < 4.78 is 13.5. The fourth-order valence-electron chi connectivity index (χ4n) is 1.97. The van der Waals surface area contributed by atoms with Crippen molar-refractivity contribution >= 4 is 17.4 Å². The SMILES string of the molecule is Cc1ccc(C(C)C)cc1NC(=O)Nc1ccccc1F. The van der Waals surface area contributed by atoms with Crippen molar-refractivity contribution in [2.75, 3.05) is 10.6 Å². The Morgan fingerprint density at radius 1 is 1.05 bits per heavy atom. The van der Waals surface area contributed by atoms with E-state index in [1.54, 1.807) is 12.1 Å². The zero-order chi connectivity index (χ0) is 15.4. The van der Waals surface area contributed by atoms with Gasteiger partial charge in [-0.05, 0) is 42.2 Å². The summed E-state index contributed by atoms with van der Waals surface area (Å²) in [6.07, 6.45) is 0. The molecule has 0 bridgehead atoms. The number of halogens is 1. The number of urea groups is 1. The third kappa shape index (κ3) is 3.81. The summed E-state index contributed by atoms with van der Waals surface area (Å²) in [5.74, 6) is -0.0823. The number of anilines is 2. The summed E-state index contributed by atoms with van der Waals surface area (Å²) in [5.41, 5.74) is 2.99. The summed E-state index contributed by atoms with van der Waals surface area (Å²) in [6, 6.07) is 11.6. The number of aryl methyl sites for hydroxylation is 1. The number of rotatable bonds is 3. The molecule has 21 heavy (non-hydrogen) atoms. The van der Waals surface area contributed by atoms with Crippen LogP contribution in [-0.2, 0) is 0 Å². The van der Waals surface area contributed by atoms with Gasteiger partial charge < -0.3 is 10.6 Å². The van der Waals surface area contributed by atoms with Crippen molar-refractivity contribution in [1.29, 1.82) is 0 Å². The number of amides is 2. The van der Waals surface area contributed by atoms with Gasteiger partial charge in [-0.2, -0.15) is 0 Å². The highest BCUT2D eigenvalue weighted by molar-refractivity contribution is 6.00. The third-order valence-electron chi connectivity index (χ3n) is 3.30. The smallest absolute Gasteiger partial charge is 0.307 e. The molecule has 2 amide bonds. The van der Waals surface area contributed by atoms with Crippen molar-refractivity contribution in [3.63, 3.8) is 0 Å². The average molecular weight is 286 g/mol. The molecule has 0 spiro atoms. The van der Waals surface area contributed by atoms with Crippen LogP contribution in [0.3, 0.4) is 0 Å². The minimum atomic E-state index is -0.458. The van der Waals surface area contributed by atoms with Gasteiger partial charge >= 0.3 is 6.03 Å². The van der Waals surface area contributed by atoms with Crippen molar-refractivity contribution in [1.82, 2.24) is 0 Å². The Kier molecular flexibility index (Phi) is 4.58. The molecule has 0 radical (unpaired) electrons. The molecule has 2 rings (SSSR count). The zero-order valence-corrected chi connectivity index (χ0v) is 12.4. The van der Waals surface area contributed by atoms with E-state index in [1.807, 2.05) is 25.1 Å². The third-order valence-corrected chi connectivity index (χ3v) is 3.30. The van der Waals surface area contributed by atoms with Gasteiger partial charge in [-0.25, -0.2) is 9.18 Å². The Morgan fingerprint density at radius 2 is 1.71 bits per heavy atom. The molecule has 0 unspecified atom stereocenters. The normalized spacial score (nSPS) is 10.5. The predicted octanol–water partition coefficient (Wildman–Crippen LogP) is 4.90. The molecule has 0 aliphatic carbocycles. The maximum atomic E-state index is 13.5. The van der Waals surface area contributed by atoms with E-state index >= 15 is 0 Å². The lowest BCUT2D eigenvalue weighted by atomic mass is 10.0. The molecule has 0 saturated carbocycles. The van der Waals surface area contributed by atoms with Crippen molar-refractivity contribution < 1.29 is 9.18 Å². The second kappa shape index (κ2) is 6.39. The van der Waals surface area contributed by atoms with E-state index in [0.29, 0.717) is 5.92 Å². The van der Waals surface area contributed by atoms with Crippen LogP contribution in [0.1, 0.15) is 30.9 Å². The largest absolute Gasteiger partial charge is 0.323 e. The van der Waals surface area contributed by atoms with E-state index in [9.17, 15) is 9.18 Å². The number of benzene rings is 2. The van der Waals surface area contributed by atoms with Crippen LogP contribution in [0, 0.1) is 12.7 Å². The molecule has 2 N–H and O–H groups in total. The summed E-state index contributed by atoms with van der Waals surface area (Å²) in [4.78, 5) is 12.0. The first-order valence-corrected chi connectivity index (χ1v) is 6.90. The van der Waals surface area contributed by atoms with Gasteiger partial charge in [-0.1, -0.05) is 38.1 Å². The highest BCUT2D eigenvalue weighted by Gasteiger charge is 2.09. The van der Waals surface area contributed by atoms with E-state index in [-0.39, 0.29) is 5.69 Å². The quantitative estimate of drug-likeness (QED) is 0.827. The van der Waals surface area contributed by atoms with E-state index < -0.39 is 11.8 Å². The van der Waals surface area contributed by atoms with Gasteiger partial charge in [0.15, 0.2) is 0 Å². The predicted molar refractivity (Wildman–Crippen MR) is 84.3 cm³/mol. The van der Waals surface area contributed by atoms with Crippen LogP contribution >= 0.6 is 0 Å². The number of carbonyl (C=O) groups excluding carboxylic acids is 1. The van der Waals surface area contributed by atoms with Gasteiger partial charge in [0.2, 0.25) is 0 Å². The fraction of sp³-hybridized carbons (Fsp3) is 0.235. The van der Waals surface area contributed by atoms with Crippen molar-refractivity contribution in [3.8, 4) is 0 Å². The zero-order valence-electron chi connectivity index (χ0n) is 12.4.